The summed E-state index contributed by atoms with van der Waals surface area (Å²) in [5.74, 6) is 0.423. The molecule has 0 saturated heterocycles. The van der Waals surface area contributed by atoms with Crippen molar-refractivity contribution in [3.8, 4) is 17.0 Å². The minimum atomic E-state index is -0.296. The van der Waals surface area contributed by atoms with Gasteiger partial charge in [0.1, 0.15) is 11.6 Å². The number of hydrogen-bond acceptors (Lipinski definition) is 4. The van der Waals surface area contributed by atoms with E-state index in [1.165, 1.54) is 17.4 Å². The molecule has 0 saturated carbocycles. The Balaban J connectivity index is 1.41. The molecule has 5 nitrogen and oxygen atoms in total. The van der Waals surface area contributed by atoms with Gasteiger partial charge in [0.25, 0.3) is 0 Å². The van der Waals surface area contributed by atoms with E-state index in [1.54, 1.807) is 25.3 Å². The maximum Gasteiger partial charge on any atom is 0.220 e. The van der Waals surface area contributed by atoms with E-state index in [4.69, 9.17) is 4.74 Å². The summed E-state index contributed by atoms with van der Waals surface area (Å²) in [6.07, 6.45) is 2.76. The molecule has 2 aromatic heterocycles. The fourth-order valence-corrected chi connectivity index (χ4v) is 4.09. The first-order valence-electron chi connectivity index (χ1n) is 9.24. The third-order valence-corrected chi connectivity index (χ3v) is 5.60. The van der Waals surface area contributed by atoms with Gasteiger partial charge in [0.2, 0.25) is 5.91 Å². The van der Waals surface area contributed by atoms with Gasteiger partial charge < -0.3 is 10.1 Å². The van der Waals surface area contributed by atoms with Crippen molar-refractivity contribution in [3.05, 3.63) is 77.2 Å². The van der Waals surface area contributed by atoms with Crippen LogP contribution in [0.1, 0.15) is 17.7 Å². The van der Waals surface area contributed by atoms with Crippen LogP contribution in [0.25, 0.3) is 16.2 Å². The van der Waals surface area contributed by atoms with E-state index in [9.17, 15) is 9.18 Å². The van der Waals surface area contributed by atoms with E-state index in [-0.39, 0.29) is 11.7 Å². The fourth-order valence-electron chi connectivity index (χ4n) is 3.18. The second kappa shape index (κ2) is 8.45. The number of benzene rings is 2. The van der Waals surface area contributed by atoms with Crippen molar-refractivity contribution in [2.24, 2.45) is 0 Å². The molecule has 0 bridgehead atoms. The number of hydrogen-bond donors (Lipinski definition) is 1. The van der Waals surface area contributed by atoms with Crippen molar-refractivity contribution in [2.75, 3.05) is 7.11 Å². The standard InChI is InChI=1S/C22H20FN3O2S/c1-28-20-9-5-2-6-15(20)12-24-21(27)11-10-16-14-29-22-25-19(13-26(16)22)17-7-3-4-8-18(17)23/h2-9,13-14H,10-12H2,1H3,(H,24,27). The first kappa shape index (κ1) is 19.1. The number of aryl methyl sites for hydroxylation is 1. The van der Waals surface area contributed by atoms with Gasteiger partial charge in [0, 0.05) is 41.4 Å². The molecule has 0 atom stereocenters. The van der Waals surface area contributed by atoms with Gasteiger partial charge in [-0.25, -0.2) is 9.37 Å². The molecule has 0 fully saturated rings. The van der Waals surface area contributed by atoms with E-state index in [0.29, 0.717) is 30.6 Å². The largest absolute Gasteiger partial charge is 0.496 e. The minimum absolute atomic E-state index is 0.0373. The van der Waals surface area contributed by atoms with E-state index in [0.717, 1.165) is 22.0 Å². The monoisotopic (exact) mass is 409 g/mol. The number of para-hydroxylation sites is 1. The lowest BCUT2D eigenvalue weighted by Gasteiger charge is -2.09. The SMILES string of the molecule is COc1ccccc1CNC(=O)CCc1csc2nc(-c3ccccc3F)cn12. The molecule has 29 heavy (non-hydrogen) atoms. The first-order valence-corrected chi connectivity index (χ1v) is 10.1. The van der Waals surface area contributed by atoms with E-state index in [2.05, 4.69) is 10.3 Å². The van der Waals surface area contributed by atoms with E-state index in [1.807, 2.05) is 40.2 Å². The first-order chi connectivity index (χ1) is 14.2. The number of ether oxygens (including phenoxy) is 1. The number of nitrogens with one attached hydrogen (secondary N) is 1. The summed E-state index contributed by atoms with van der Waals surface area (Å²) in [6.45, 7) is 0.421. The Morgan fingerprint density at radius 2 is 2.00 bits per heavy atom. The van der Waals surface area contributed by atoms with Gasteiger partial charge in [-0.05, 0) is 24.6 Å². The van der Waals surface area contributed by atoms with Crippen LogP contribution in [0.15, 0.2) is 60.1 Å². The summed E-state index contributed by atoms with van der Waals surface area (Å²) < 4.78 is 21.3. The second-order valence-electron chi connectivity index (χ2n) is 6.57. The van der Waals surface area contributed by atoms with Crippen molar-refractivity contribution in [1.29, 1.82) is 0 Å². The summed E-state index contributed by atoms with van der Waals surface area (Å²) in [4.78, 5) is 17.6. The number of thiazole rings is 1. The normalized spacial score (nSPS) is 11.0. The summed E-state index contributed by atoms with van der Waals surface area (Å²) in [5, 5.41) is 4.92. The number of fused-ring (bicyclic) bond motifs is 1. The predicted octanol–water partition coefficient (Wildman–Crippen LogP) is 4.46. The number of rotatable bonds is 7. The Labute approximate surface area is 171 Å². The molecule has 1 amide bonds. The molecular weight excluding hydrogens is 389 g/mol. The highest BCUT2D eigenvalue weighted by atomic mass is 32.1. The highest BCUT2D eigenvalue weighted by molar-refractivity contribution is 7.15. The summed E-state index contributed by atoms with van der Waals surface area (Å²) >= 11 is 1.48. The maximum atomic E-state index is 14.0. The van der Waals surface area contributed by atoms with Crippen molar-refractivity contribution in [1.82, 2.24) is 14.7 Å². The molecule has 0 spiro atoms. The van der Waals surface area contributed by atoms with Gasteiger partial charge in [-0.1, -0.05) is 30.3 Å². The lowest BCUT2D eigenvalue weighted by molar-refractivity contribution is -0.121. The van der Waals surface area contributed by atoms with Gasteiger partial charge in [-0.3, -0.25) is 9.20 Å². The van der Waals surface area contributed by atoms with Gasteiger partial charge in [-0.2, -0.15) is 0 Å². The molecule has 4 aromatic rings. The Bertz CT molecular complexity index is 1150. The van der Waals surface area contributed by atoms with Crippen molar-refractivity contribution in [2.45, 2.75) is 19.4 Å². The molecule has 4 rings (SSSR count). The summed E-state index contributed by atoms with van der Waals surface area (Å²) in [6, 6.07) is 14.2. The topological polar surface area (TPSA) is 55.6 Å². The summed E-state index contributed by atoms with van der Waals surface area (Å²) in [7, 11) is 1.61. The zero-order valence-electron chi connectivity index (χ0n) is 15.9. The third-order valence-electron chi connectivity index (χ3n) is 4.71. The van der Waals surface area contributed by atoms with Gasteiger partial charge in [-0.15, -0.1) is 11.3 Å². The Morgan fingerprint density at radius 1 is 1.21 bits per heavy atom. The Kier molecular flexibility index (Phi) is 5.57. The number of imidazole rings is 1. The average molecular weight is 409 g/mol. The van der Waals surface area contributed by atoms with Crippen molar-refractivity contribution >= 4 is 22.2 Å². The third kappa shape index (κ3) is 4.14. The van der Waals surface area contributed by atoms with Crippen LogP contribution in [0.3, 0.4) is 0 Å². The molecule has 0 aliphatic rings. The van der Waals surface area contributed by atoms with E-state index >= 15 is 0 Å². The van der Waals surface area contributed by atoms with Crippen LogP contribution in [0.5, 0.6) is 5.75 Å². The van der Waals surface area contributed by atoms with Crippen LogP contribution in [0.4, 0.5) is 4.39 Å². The zero-order valence-corrected chi connectivity index (χ0v) is 16.7. The Hall–Kier alpha value is -3.19. The van der Waals surface area contributed by atoms with Crippen LogP contribution in [-0.2, 0) is 17.8 Å². The molecule has 0 radical (unpaired) electrons. The number of halogens is 1. The van der Waals surface area contributed by atoms with Gasteiger partial charge >= 0.3 is 0 Å². The molecule has 7 heteroatoms. The maximum absolute atomic E-state index is 14.0. The van der Waals surface area contributed by atoms with Crippen LogP contribution in [-0.4, -0.2) is 22.4 Å². The van der Waals surface area contributed by atoms with Gasteiger partial charge in [0.15, 0.2) is 4.96 Å². The number of amides is 1. The van der Waals surface area contributed by atoms with Crippen molar-refractivity contribution in [3.63, 3.8) is 0 Å². The number of carbonyl (C=O) groups excluding carboxylic acids is 1. The summed E-state index contributed by atoms with van der Waals surface area (Å²) in [5.41, 5.74) is 2.98. The minimum Gasteiger partial charge on any atom is -0.496 e. The number of nitrogens with zero attached hydrogens (tertiary/aromatic N) is 2. The fraction of sp³-hybridized carbons (Fsp3) is 0.182. The van der Waals surface area contributed by atoms with Crippen LogP contribution in [0, 0.1) is 5.82 Å². The van der Waals surface area contributed by atoms with Crippen LogP contribution in [0.2, 0.25) is 0 Å². The second-order valence-corrected chi connectivity index (χ2v) is 7.41. The number of aromatic nitrogens is 2. The lowest BCUT2D eigenvalue weighted by Crippen LogP contribution is -2.23. The number of carbonyl (C=O) groups is 1. The van der Waals surface area contributed by atoms with Crippen molar-refractivity contribution < 1.29 is 13.9 Å². The van der Waals surface area contributed by atoms with Crippen LogP contribution < -0.4 is 10.1 Å². The quantitative estimate of drug-likeness (QED) is 0.490. The molecule has 1 N–H and O–H groups in total. The molecule has 2 heterocycles. The molecular formula is C22H20FN3O2S. The zero-order chi connectivity index (χ0) is 20.2. The average Bonchev–Trinajstić information content (AvgIpc) is 3.32. The lowest BCUT2D eigenvalue weighted by atomic mass is 10.1. The smallest absolute Gasteiger partial charge is 0.220 e. The molecule has 2 aromatic carbocycles. The predicted molar refractivity (Wildman–Crippen MR) is 112 cm³/mol. The molecule has 148 valence electrons. The van der Waals surface area contributed by atoms with Gasteiger partial charge in [0.05, 0.1) is 12.8 Å². The highest BCUT2D eigenvalue weighted by Crippen LogP contribution is 2.26. The molecule has 0 unspecified atom stereocenters. The molecule has 0 aliphatic carbocycles. The Morgan fingerprint density at radius 3 is 2.83 bits per heavy atom. The van der Waals surface area contributed by atoms with E-state index < -0.39 is 0 Å². The highest BCUT2D eigenvalue weighted by Gasteiger charge is 2.13. The van der Waals surface area contributed by atoms with Crippen LogP contribution >= 0.6 is 11.3 Å². The molecule has 0 aliphatic heterocycles. The number of methoxy groups -OCH3 is 1.